The summed E-state index contributed by atoms with van der Waals surface area (Å²) < 4.78 is 42.7. The van der Waals surface area contributed by atoms with Crippen LogP contribution in [0.5, 0.6) is 5.75 Å². The Labute approximate surface area is 157 Å². The average Bonchev–Trinajstić information content (AvgIpc) is 3.24. The van der Waals surface area contributed by atoms with Crippen LogP contribution in [0.4, 0.5) is 24.7 Å². The van der Waals surface area contributed by atoms with Crippen molar-refractivity contribution in [1.82, 2.24) is 19.5 Å². The first kappa shape index (κ1) is 17.8. The van der Waals surface area contributed by atoms with E-state index in [0.717, 1.165) is 12.8 Å². The van der Waals surface area contributed by atoms with E-state index in [9.17, 15) is 13.2 Å². The van der Waals surface area contributed by atoms with E-state index in [1.165, 1.54) is 37.1 Å². The summed E-state index contributed by atoms with van der Waals surface area (Å²) in [5.41, 5.74) is 1.72. The molecule has 2 aromatic heterocycles. The highest BCUT2D eigenvalue weighted by atomic mass is 35.5. The molecule has 27 heavy (non-hydrogen) atoms. The lowest BCUT2D eigenvalue weighted by atomic mass is 10.2. The SMILES string of the molecule is FC(F)(F)Oc1ccc(Nc2nc(Cl)nc3c2ncn3C2CCCC2)cc1. The summed E-state index contributed by atoms with van der Waals surface area (Å²) in [7, 11) is 0. The third kappa shape index (κ3) is 3.92. The molecule has 1 aromatic carbocycles. The number of ether oxygens (including phenoxy) is 1. The molecule has 0 amide bonds. The van der Waals surface area contributed by atoms with Crippen LogP contribution in [0.3, 0.4) is 0 Å². The molecule has 0 bridgehead atoms. The second-order valence-corrected chi connectivity index (χ2v) is 6.64. The number of nitrogens with zero attached hydrogens (tertiary/aromatic N) is 4. The average molecular weight is 398 g/mol. The number of nitrogens with one attached hydrogen (secondary N) is 1. The molecule has 142 valence electrons. The number of fused-ring (bicyclic) bond motifs is 1. The summed E-state index contributed by atoms with van der Waals surface area (Å²) in [6.07, 6.45) is 1.47. The monoisotopic (exact) mass is 397 g/mol. The van der Waals surface area contributed by atoms with E-state index < -0.39 is 6.36 Å². The zero-order valence-electron chi connectivity index (χ0n) is 14.0. The standard InChI is InChI=1S/C17H15ClF3N5O/c18-16-24-14(23-10-5-7-12(8-6-10)27-17(19,20)21)13-15(25-16)26(9-22-13)11-3-1-2-4-11/h5-9,11H,1-4H2,(H,23,24,25). The van der Waals surface area contributed by atoms with E-state index in [4.69, 9.17) is 11.6 Å². The third-order valence-corrected chi connectivity index (χ3v) is 4.63. The Balaban J connectivity index is 1.62. The number of halogens is 4. The van der Waals surface area contributed by atoms with Crippen molar-refractivity contribution in [1.29, 1.82) is 0 Å². The molecule has 0 radical (unpaired) electrons. The van der Waals surface area contributed by atoms with Gasteiger partial charge in [-0.25, -0.2) is 4.98 Å². The Bertz CT molecular complexity index is 952. The van der Waals surface area contributed by atoms with Gasteiger partial charge in [0.1, 0.15) is 5.75 Å². The predicted octanol–water partition coefficient (Wildman–Crippen LogP) is 5.24. The van der Waals surface area contributed by atoms with Gasteiger partial charge in [-0.15, -0.1) is 13.2 Å². The highest BCUT2D eigenvalue weighted by molar-refractivity contribution is 6.28. The van der Waals surface area contributed by atoms with Gasteiger partial charge in [0.05, 0.1) is 6.33 Å². The molecule has 0 aliphatic heterocycles. The van der Waals surface area contributed by atoms with Crippen molar-refractivity contribution in [3.05, 3.63) is 35.9 Å². The van der Waals surface area contributed by atoms with Gasteiger partial charge < -0.3 is 14.6 Å². The Morgan fingerprint density at radius 2 is 1.81 bits per heavy atom. The Morgan fingerprint density at radius 1 is 1.11 bits per heavy atom. The number of benzene rings is 1. The first-order chi connectivity index (χ1) is 12.9. The zero-order chi connectivity index (χ0) is 19.0. The van der Waals surface area contributed by atoms with Crippen molar-refractivity contribution < 1.29 is 17.9 Å². The van der Waals surface area contributed by atoms with Gasteiger partial charge in [-0.3, -0.25) is 0 Å². The molecule has 1 saturated carbocycles. The van der Waals surface area contributed by atoms with E-state index in [0.29, 0.717) is 28.7 Å². The largest absolute Gasteiger partial charge is 0.573 e. The number of hydrogen-bond donors (Lipinski definition) is 1. The quantitative estimate of drug-likeness (QED) is 0.610. The molecule has 4 rings (SSSR count). The molecule has 1 N–H and O–H groups in total. The second-order valence-electron chi connectivity index (χ2n) is 6.30. The highest BCUT2D eigenvalue weighted by Gasteiger charge is 2.31. The van der Waals surface area contributed by atoms with Gasteiger partial charge in [-0.05, 0) is 48.7 Å². The van der Waals surface area contributed by atoms with Crippen LogP contribution in [0.15, 0.2) is 30.6 Å². The van der Waals surface area contributed by atoms with Gasteiger partial charge in [0.25, 0.3) is 0 Å². The smallest absolute Gasteiger partial charge is 0.406 e. The van der Waals surface area contributed by atoms with Crippen LogP contribution in [-0.2, 0) is 0 Å². The maximum absolute atomic E-state index is 12.3. The minimum atomic E-state index is -4.73. The Hall–Kier alpha value is -2.55. The molecule has 6 nitrogen and oxygen atoms in total. The van der Waals surface area contributed by atoms with Crippen LogP contribution >= 0.6 is 11.6 Å². The number of rotatable bonds is 4. The van der Waals surface area contributed by atoms with Gasteiger partial charge in [0.2, 0.25) is 5.28 Å². The molecule has 1 aliphatic rings. The van der Waals surface area contributed by atoms with Crippen LogP contribution in [0, 0.1) is 0 Å². The van der Waals surface area contributed by atoms with Gasteiger partial charge in [-0.2, -0.15) is 9.97 Å². The first-order valence-electron chi connectivity index (χ1n) is 8.42. The van der Waals surface area contributed by atoms with Gasteiger partial charge in [0.15, 0.2) is 17.0 Å². The van der Waals surface area contributed by atoms with Gasteiger partial charge in [0, 0.05) is 11.7 Å². The number of hydrogen-bond acceptors (Lipinski definition) is 5. The highest BCUT2D eigenvalue weighted by Crippen LogP contribution is 2.33. The first-order valence-corrected chi connectivity index (χ1v) is 8.80. The molecule has 1 fully saturated rings. The summed E-state index contributed by atoms with van der Waals surface area (Å²) >= 11 is 6.08. The lowest BCUT2D eigenvalue weighted by Crippen LogP contribution is -2.16. The minimum Gasteiger partial charge on any atom is -0.406 e. The maximum Gasteiger partial charge on any atom is 0.573 e. The van der Waals surface area contributed by atoms with Crippen molar-refractivity contribution in [2.45, 2.75) is 38.1 Å². The molecular formula is C17H15ClF3N5O. The normalized spacial score (nSPS) is 15.4. The van der Waals surface area contributed by atoms with Gasteiger partial charge >= 0.3 is 6.36 Å². The van der Waals surface area contributed by atoms with Crippen molar-refractivity contribution >= 4 is 34.3 Å². The molecule has 2 heterocycles. The molecule has 0 unspecified atom stereocenters. The zero-order valence-corrected chi connectivity index (χ0v) is 14.8. The lowest BCUT2D eigenvalue weighted by molar-refractivity contribution is -0.274. The maximum atomic E-state index is 12.3. The third-order valence-electron chi connectivity index (χ3n) is 4.46. The Morgan fingerprint density at radius 3 is 2.48 bits per heavy atom. The lowest BCUT2D eigenvalue weighted by Gasteiger charge is -2.12. The fourth-order valence-electron chi connectivity index (χ4n) is 3.30. The summed E-state index contributed by atoms with van der Waals surface area (Å²) in [5.74, 6) is 0.0932. The van der Waals surface area contributed by atoms with E-state index in [-0.39, 0.29) is 11.0 Å². The Kier molecular flexibility index (Phi) is 4.55. The van der Waals surface area contributed by atoms with Crippen LogP contribution < -0.4 is 10.1 Å². The fraction of sp³-hybridized carbons (Fsp3) is 0.353. The van der Waals surface area contributed by atoms with Crippen LogP contribution in [0.1, 0.15) is 31.7 Å². The molecule has 10 heteroatoms. The number of alkyl halides is 3. The fourth-order valence-corrected chi connectivity index (χ4v) is 3.47. The summed E-state index contributed by atoms with van der Waals surface area (Å²) in [6.45, 7) is 0. The molecule has 0 saturated heterocycles. The van der Waals surface area contributed by atoms with Crippen LogP contribution in [-0.4, -0.2) is 25.9 Å². The number of anilines is 2. The molecule has 0 spiro atoms. The van der Waals surface area contributed by atoms with Gasteiger partial charge in [-0.1, -0.05) is 12.8 Å². The van der Waals surface area contributed by atoms with E-state index in [2.05, 4.69) is 25.0 Å². The van der Waals surface area contributed by atoms with Crippen molar-refractivity contribution in [2.75, 3.05) is 5.32 Å². The van der Waals surface area contributed by atoms with Crippen molar-refractivity contribution in [3.8, 4) is 5.75 Å². The van der Waals surface area contributed by atoms with Crippen molar-refractivity contribution in [3.63, 3.8) is 0 Å². The minimum absolute atomic E-state index is 0.0711. The van der Waals surface area contributed by atoms with Crippen molar-refractivity contribution in [2.24, 2.45) is 0 Å². The van der Waals surface area contributed by atoms with E-state index >= 15 is 0 Å². The molecule has 0 atom stereocenters. The van der Waals surface area contributed by atoms with E-state index in [1.54, 1.807) is 6.33 Å². The predicted molar refractivity (Wildman–Crippen MR) is 94.2 cm³/mol. The summed E-state index contributed by atoms with van der Waals surface area (Å²) in [6, 6.07) is 5.68. The van der Waals surface area contributed by atoms with E-state index in [1.807, 2.05) is 4.57 Å². The second kappa shape index (κ2) is 6.88. The molecule has 3 aromatic rings. The topological polar surface area (TPSA) is 64.9 Å². The molecule has 1 aliphatic carbocycles. The van der Waals surface area contributed by atoms with Crippen LogP contribution in [0.2, 0.25) is 5.28 Å². The summed E-state index contributed by atoms with van der Waals surface area (Å²) in [5, 5.41) is 3.10. The molecular weight excluding hydrogens is 383 g/mol. The summed E-state index contributed by atoms with van der Waals surface area (Å²) in [4.78, 5) is 12.9. The number of imidazole rings is 1. The van der Waals surface area contributed by atoms with Crippen LogP contribution in [0.25, 0.3) is 11.2 Å². The number of aromatic nitrogens is 4.